The average Bonchev–Trinajstić information content (AvgIpc) is 3.68. The maximum Gasteiger partial charge on any atom is 0.237 e. The van der Waals surface area contributed by atoms with Crippen LogP contribution in [0.4, 0.5) is 4.39 Å². The van der Waals surface area contributed by atoms with Gasteiger partial charge in [-0.3, -0.25) is 24.4 Å². The van der Waals surface area contributed by atoms with Crippen molar-refractivity contribution in [2.45, 2.75) is 57.7 Å². The number of hydrogen-bond acceptors (Lipinski definition) is 9. The summed E-state index contributed by atoms with van der Waals surface area (Å²) in [4.78, 5) is 42.4. The Kier molecular flexibility index (Phi) is 8.55. The highest BCUT2D eigenvalue weighted by Crippen LogP contribution is 2.45. The first-order valence-electron chi connectivity index (χ1n) is 17.4. The lowest BCUT2D eigenvalue weighted by molar-refractivity contribution is -0.121. The van der Waals surface area contributed by atoms with Gasteiger partial charge in [0.1, 0.15) is 17.3 Å². The smallest absolute Gasteiger partial charge is 0.237 e. The van der Waals surface area contributed by atoms with Crippen molar-refractivity contribution in [3.8, 4) is 45.4 Å². The predicted octanol–water partition coefficient (Wildman–Crippen LogP) is 6.01. The normalized spacial score (nSPS) is 19.3. The zero-order valence-electron chi connectivity index (χ0n) is 29.0. The number of likely N-dealkylation sites (tertiary alicyclic amines) is 2. The molecule has 8 rings (SSSR count). The molecule has 2 aromatic heterocycles. The Morgan fingerprint density at radius 2 is 1.55 bits per heavy atom. The number of carbonyl (C=O) groups excluding carboxylic acids is 2. The number of benzene rings is 2. The highest BCUT2D eigenvalue weighted by Gasteiger charge is 2.48. The monoisotopic (exact) mass is 710 g/mol. The third-order valence-corrected chi connectivity index (χ3v) is 11.4. The van der Waals surface area contributed by atoms with E-state index in [-0.39, 0.29) is 16.9 Å². The Hall–Kier alpha value is -4.45. The molecule has 0 atom stereocenters. The molecule has 1 aliphatic carbocycles. The number of Topliss-reactive ketones (excluding diaryl/α,β-unsaturated/α-hetero) is 1. The van der Waals surface area contributed by atoms with Crippen LogP contribution >= 0.6 is 11.6 Å². The van der Waals surface area contributed by atoms with Crippen molar-refractivity contribution in [1.82, 2.24) is 30.1 Å². The van der Waals surface area contributed by atoms with Gasteiger partial charge in [0.2, 0.25) is 17.7 Å². The Morgan fingerprint density at radius 3 is 2.24 bits per heavy atom. The van der Waals surface area contributed by atoms with Crippen LogP contribution in [-0.2, 0) is 22.7 Å². The summed E-state index contributed by atoms with van der Waals surface area (Å²) in [6.07, 6.45) is 5.42. The largest absolute Gasteiger partial charge is 0.481 e. The molecular weight excluding hydrogens is 671 g/mol. The van der Waals surface area contributed by atoms with Crippen LogP contribution in [0.1, 0.15) is 48.9 Å². The Morgan fingerprint density at radius 1 is 0.863 bits per heavy atom. The van der Waals surface area contributed by atoms with E-state index >= 15 is 4.39 Å². The Bertz CT molecular complexity index is 2060. The van der Waals surface area contributed by atoms with E-state index in [0.29, 0.717) is 94.3 Å². The van der Waals surface area contributed by atoms with Crippen molar-refractivity contribution >= 4 is 23.3 Å². The fraction of sp³-hybridized carbons (Fsp3) is 0.410. The van der Waals surface area contributed by atoms with E-state index in [0.717, 1.165) is 50.1 Å². The van der Waals surface area contributed by atoms with Crippen LogP contribution in [0.25, 0.3) is 33.6 Å². The van der Waals surface area contributed by atoms with Crippen LogP contribution in [0.5, 0.6) is 11.8 Å². The number of carbonyl (C=O) groups is 2. The lowest BCUT2D eigenvalue weighted by Crippen LogP contribution is -2.66. The highest BCUT2D eigenvalue weighted by atomic mass is 35.5. The molecule has 1 amide bonds. The molecule has 4 fully saturated rings. The SMILES string of the molecule is COc1nc(-c2cccc(-c3cccc(-c4cc(C)c(CN5CC6(CCC(=O)C6)C5)c(OC)n4)c3F)c2Cl)cnc1CN1CC2(CCC(=O)N2)C1. The summed E-state index contributed by atoms with van der Waals surface area (Å²) in [6, 6.07) is 12.6. The third-order valence-electron chi connectivity index (χ3n) is 11.0. The van der Waals surface area contributed by atoms with Gasteiger partial charge in [-0.25, -0.2) is 14.4 Å². The van der Waals surface area contributed by atoms with E-state index in [4.69, 9.17) is 31.0 Å². The Balaban J connectivity index is 1.03. The van der Waals surface area contributed by atoms with Gasteiger partial charge in [-0.1, -0.05) is 41.9 Å². The van der Waals surface area contributed by atoms with Crippen LogP contribution in [0, 0.1) is 18.2 Å². The molecule has 5 heterocycles. The van der Waals surface area contributed by atoms with Gasteiger partial charge in [-0.2, -0.15) is 0 Å². The molecule has 0 radical (unpaired) electrons. The highest BCUT2D eigenvalue weighted by molar-refractivity contribution is 6.36. The molecule has 4 aromatic rings. The second kappa shape index (κ2) is 13.0. The average molecular weight is 711 g/mol. The number of hydrogen-bond donors (Lipinski definition) is 1. The van der Waals surface area contributed by atoms with Gasteiger partial charge in [0.05, 0.1) is 42.4 Å². The van der Waals surface area contributed by atoms with Gasteiger partial charge in [0, 0.05) is 91.8 Å². The number of nitrogens with one attached hydrogen (secondary N) is 1. The number of aryl methyl sites for hydroxylation is 1. The molecule has 0 unspecified atom stereocenters. The van der Waals surface area contributed by atoms with E-state index in [2.05, 4.69) is 20.1 Å². The van der Waals surface area contributed by atoms with E-state index in [1.807, 2.05) is 25.1 Å². The molecule has 264 valence electrons. The minimum atomic E-state index is -0.446. The zero-order valence-corrected chi connectivity index (χ0v) is 29.8. The van der Waals surface area contributed by atoms with E-state index in [1.54, 1.807) is 44.7 Å². The fourth-order valence-corrected chi connectivity index (χ4v) is 8.82. The molecule has 12 heteroatoms. The van der Waals surface area contributed by atoms with Crippen molar-refractivity contribution in [3.05, 3.63) is 76.3 Å². The van der Waals surface area contributed by atoms with E-state index in [1.165, 1.54) is 0 Å². The molecule has 10 nitrogen and oxygen atoms in total. The lowest BCUT2D eigenvalue weighted by Gasteiger charge is -2.48. The summed E-state index contributed by atoms with van der Waals surface area (Å²) >= 11 is 7.02. The molecule has 4 aliphatic rings. The van der Waals surface area contributed by atoms with Gasteiger partial charge < -0.3 is 14.8 Å². The number of pyridine rings is 1. The first kappa shape index (κ1) is 33.7. The number of amides is 1. The summed E-state index contributed by atoms with van der Waals surface area (Å²) in [5, 5.41) is 3.44. The molecule has 2 aromatic carbocycles. The van der Waals surface area contributed by atoms with Gasteiger partial charge >= 0.3 is 0 Å². The molecule has 0 bridgehead atoms. The second-order valence-electron chi connectivity index (χ2n) is 14.7. The zero-order chi connectivity index (χ0) is 35.5. The van der Waals surface area contributed by atoms with E-state index < -0.39 is 5.82 Å². The number of ketones is 1. The summed E-state index contributed by atoms with van der Waals surface area (Å²) < 4.78 is 27.9. The van der Waals surface area contributed by atoms with Crippen molar-refractivity contribution < 1.29 is 23.5 Å². The van der Waals surface area contributed by atoms with Crippen LogP contribution in [0.15, 0.2) is 48.7 Å². The third kappa shape index (κ3) is 6.15. The molecule has 3 saturated heterocycles. The van der Waals surface area contributed by atoms with Gasteiger partial charge in [-0.15, -0.1) is 0 Å². The molecule has 1 N–H and O–H groups in total. The molecule has 1 saturated carbocycles. The van der Waals surface area contributed by atoms with Gasteiger partial charge in [0.15, 0.2) is 0 Å². The van der Waals surface area contributed by atoms with Crippen molar-refractivity contribution in [3.63, 3.8) is 0 Å². The maximum absolute atomic E-state index is 16.5. The van der Waals surface area contributed by atoms with Gasteiger partial charge in [0.25, 0.3) is 0 Å². The number of halogens is 2. The number of aromatic nitrogens is 3. The van der Waals surface area contributed by atoms with Crippen LogP contribution in [0.2, 0.25) is 5.02 Å². The molecular formula is C39H40ClFN6O4. The number of nitrogens with zero attached hydrogens (tertiary/aromatic N) is 5. The van der Waals surface area contributed by atoms with E-state index in [9.17, 15) is 9.59 Å². The van der Waals surface area contributed by atoms with Crippen molar-refractivity contribution in [1.29, 1.82) is 0 Å². The fourth-order valence-electron chi connectivity index (χ4n) is 8.49. The van der Waals surface area contributed by atoms with Gasteiger partial charge in [-0.05, 0) is 37.5 Å². The molecule has 2 spiro atoms. The topological polar surface area (TPSA) is 110 Å². The van der Waals surface area contributed by atoms with Crippen LogP contribution < -0.4 is 14.8 Å². The minimum Gasteiger partial charge on any atom is -0.481 e. The summed E-state index contributed by atoms with van der Waals surface area (Å²) in [5.41, 5.74) is 5.38. The summed E-state index contributed by atoms with van der Waals surface area (Å²) in [5.74, 6) is 0.884. The van der Waals surface area contributed by atoms with Crippen LogP contribution in [0.3, 0.4) is 0 Å². The number of ether oxygens (including phenoxy) is 2. The predicted molar refractivity (Wildman–Crippen MR) is 191 cm³/mol. The first-order chi connectivity index (χ1) is 24.6. The Labute approximate surface area is 301 Å². The molecule has 3 aliphatic heterocycles. The van der Waals surface area contributed by atoms with Crippen LogP contribution in [-0.4, -0.2) is 82.4 Å². The van der Waals surface area contributed by atoms with Crippen molar-refractivity contribution in [2.24, 2.45) is 5.41 Å². The first-order valence-corrected chi connectivity index (χ1v) is 17.8. The standard InChI is InChI=1S/C39H40ClFN6O4/c1-23-14-30(43-36(50-2)29(23)17-46-19-38(20-46)12-10-24(48)15-38)28-9-5-7-26(35(28)41)25-6-4-8-27(34(25)40)31-16-42-32(37(44-31)51-3)18-47-21-39(22-47)13-11-33(49)45-39/h4-9,14,16H,10-13,15,17-22H2,1-3H3,(H,45,49). The second-order valence-corrected chi connectivity index (χ2v) is 15.1. The summed E-state index contributed by atoms with van der Waals surface area (Å²) in [7, 11) is 3.14. The number of rotatable bonds is 9. The number of methoxy groups -OCH3 is 2. The minimum absolute atomic E-state index is 0.110. The summed E-state index contributed by atoms with van der Waals surface area (Å²) in [6.45, 7) is 6.51. The maximum atomic E-state index is 16.5. The molecule has 51 heavy (non-hydrogen) atoms. The lowest BCUT2D eigenvalue weighted by atomic mass is 9.78. The quantitative estimate of drug-likeness (QED) is 0.223. The van der Waals surface area contributed by atoms with Crippen molar-refractivity contribution in [2.75, 3.05) is 40.4 Å².